The normalized spacial score (nSPS) is 11.5. The highest BCUT2D eigenvalue weighted by atomic mass is 16.5. The maximum absolute atomic E-state index is 12.4. The molecule has 0 bridgehead atoms. The van der Waals surface area contributed by atoms with E-state index in [9.17, 15) is 9.59 Å². The van der Waals surface area contributed by atoms with Crippen LogP contribution in [0.15, 0.2) is 60.7 Å². The van der Waals surface area contributed by atoms with E-state index >= 15 is 0 Å². The van der Waals surface area contributed by atoms with Gasteiger partial charge in [0.05, 0.1) is 20.3 Å². The third kappa shape index (κ3) is 4.06. The molecule has 0 aliphatic rings. The zero-order chi connectivity index (χ0) is 20.1. The molecule has 0 radical (unpaired) electrons. The number of nitrogens with one attached hydrogen (secondary N) is 2. The van der Waals surface area contributed by atoms with Crippen LogP contribution in [0.25, 0.3) is 10.8 Å². The average Bonchev–Trinajstić information content (AvgIpc) is 2.73. The van der Waals surface area contributed by atoms with Crippen LogP contribution in [0, 0.1) is 0 Å². The Hall–Kier alpha value is -3.54. The van der Waals surface area contributed by atoms with E-state index in [-0.39, 0.29) is 6.04 Å². The molecule has 3 rings (SSSR count). The lowest BCUT2D eigenvalue weighted by Gasteiger charge is -2.16. The second-order valence-electron chi connectivity index (χ2n) is 6.29. The van der Waals surface area contributed by atoms with Gasteiger partial charge in [0.25, 0.3) is 0 Å². The Balaban J connectivity index is 1.71. The number of fused-ring (bicyclic) bond motifs is 1. The molecule has 3 aromatic rings. The van der Waals surface area contributed by atoms with Crippen LogP contribution in [-0.4, -0.2) is 26.0 Å². The molecule has 6 nitrogen and oxygen atoms in total. The summed E-state index contributed by atoms with van der Waals surface area (Å²) in [7, 11) is 3.10. The van der Waals surface area contributed by atoms with Gasteiger partial charge in [-0.1, -0.05) is 42.5 Å². The van der Waals surface area contributed by atoms with Crippen molar-refractivity contribution in [2.75, 3.05) is 19.5 Å². The molecule has 0 aliphatic heterocycles. The van der Waals surface area contributed by atoms with E-state index in [0.717, 1.165) is 16.3 Å². The maximum atomic E-state index is 12.4. The van der Waals surface area contributed by atoms with Crippen LogP contribution < -0.4 is 20.1 Å². The summed E-state index contributed by atoms with van der Waals surface area (Å²) in [5.74, 6) is -0.279. The molecule has 144 valence electrons. The molecule has 0 heterocycles. The van der Waals surface area contributed by atoms with Gasteiger partial charge in [0.2, 0.25) is 0 Å². The minimum Gasteiger partial charge on any atom is -0.493 e. The number of carbonyl (C=O) groups excluding carboxylic acids is 2. The predicted molar refractivity (Wildman–Crippen MR) is 109 cm³/mol. The molecule has 0 spiro atoms. The van der Waals surface area contributed by atoms with Crippen LogP contribution in [0.5, 0.6) is 11.5 Å². The molecular formula is C22H22N2O4. The van der Waals surface area contributed by atoms with Crippen molar-refractivity contribution >= 4 is 28.3 Å². The number of hydrogen-bond donors (Lipinski definition) is 2. The molecule has 2 N–H and O–H groups in total. The number of ether oxygens (including phenoxy) is 2. The van der Waals surface area contributed by atoms with E-state index in [2.05, 4.69) is 10.6 Å². The minimum atomic E-state index is -0.719. The molecular weight excluding hydrogens is 356 g/mol. The lowest BCUT2D eigenvalue weighted by atomic mass is 10.1. The fourth-order valence-electron chi connectivity index (χ4n) is 2.98. The van der Waals surface area contributed by atoms with Crippen molar-refractivity contribution in [3.63, 3.8) is 0 Å². The van der Waals surface area contributed by atoms with Gasteiger partial charge in [0.1, 0.15) is 0 Å². The molecule has 0 fully saturated rings. The monoisotopic (exact) mass is 378 g/mol. The second-order valence-corrected chi connectivity index (χ2v) is 6.29. The molecule has 1 atom stereocenters. The summed E-state index contributed by atoms with van der Waals surface area (Å²) in [4.78, 5) is 24.7. The third-order valence-corrected chi connectivity index (χ3v) is 4.50. The average molecular weight is 378 g/mol. The van der Waals surface area contributed by atoms with E-state index in [1.807, 2.05) is 42.5 Å². The Kier molecular flexibility index (Phi) is 5.79. The summed E-state index contributed by atoms with van der Waals surface area (Å²) in [6, 6.07) is 18.2. The van der Waals surface area contributed by atoms with E-state index in [0.29, 0.717) is 17.2 Å². The van der Waals surface area contributed by atoms with Crippen LogP contribution in [0.1, 0.15) is 18.5 Å². The van der Waals surface area contributed by atoms with Gasteiger partial charge >= 0.3 is 11.8 Å². The third-order valence-electron chi connectivity index (χ3n) is 4.50. The minimum absolute atomic E-state index is 0.384. The first kappa shape index (κ1) is 19.2. The summed E-state index contributed by atoms with van der Waals surface area (Å²) in [5, 5.41) is 7.25. The number of hydrogen-bond acceptors (Lipinski definition) is 4. The topological polar surface area (TPSA) is 76.7 Å². The lowest BCUT2D eigenvalue weighted by molar-refractivity contribution is -0.136. The number of benzene rings is 3. The molecule has 0 saturated heterocycles. The number of amides is 2. The van der Waals surface area contributed by atoms with Crippen LogP contribution in [0.3, 0.4) is 0 Å². The number of methoxy groups -OCH3 is 2. The predicted octanol–water partition coefficient (Wildman–Crippen LogP) is 3.67. The van der Waals surface area contributed by atoms with Gasteiger partial charge in [-0.2, -0.15) is 0 Å². The van der Waals surface area contributed by atoms with E-state index in [1.165, 1.54) is 0 Å². The Labute approximate surface area is 163 Å². The summed E-state index contributed by atoms with van der Waals surface area (Å²) in [6.07, 6.45) is 0. The Morgan fingerprint density at radius 3 is 2.32 bits per heavy atom. The van der Waals surface area contributed by atoms with Crippen molar-refractivity contribution in [1.82, 2.24) is 5.32 Å². The van der Waals surface area contributed by atoms with Gasteiger partial charge in [-0.05, 0) is 36.1 Å². The SMILES string of the molecule is COc1ccc(C(C)NC(=O)C(=O)Nc2cccc3ccccc23)cc1OC. The van der Waals surface area contributed by atoms with E-state index in [4.69, 9.17) is 9.47 Å². The maximum Gasteiger partial charge on any atom is 0.313 e. The van der Waals surface area contributed by atoms with Gasteiger partial charge in [-0.3, -0.25) is 9.59 Å². The molecule has 1 unspecified atom stereocenters. The zero-order valence-electron chi connectivity index (χ0n) is 16.0. The van der Waals surface area contributed by atoms with Crippen molar-refractivity contribution in [2.24, 2.45) is 0 Å². The molecule has 6 heteroatoms. The summed E-state index contributed by atoms with van der Waals surface area (Å²) < 4.78 is 10.5. The quantitative estimate of drug-likeness (QED) is 0.664. The Morgan fingerprint density at radius 2 is 1.57 bits per heavy atom. The Bertz CT molecular complexity index is 1010. The highest BCUT2D eigenvalue weighted by molar-refractivity contribution is 6.40. The highest BCUT2D eigenvalue weighted by Crippen LogP contribution is 2.30. The molecule has 3 aromatic carbocycles. The van der Waals surface area contributed by atoms with Gasteiger partial charge in [0.15, 0.2) is 11.5 Å². The molecule has 28 heavy (non-hydrogen) atoms. The Morgan fingerprint density at radius 1 is 0.857 bits per heavy atom. The van der Waals surface area contributed by atoms with Crippen LogP contribution in [0.2, 0.25) is 0 Å². The van der Waals surface area contributed by atoms with Crippen molar-refractivity contribution < 1.29 is 19.1 Å². The number of anilines is 1. The fraction of sp³-hybridized carbons (Fsp3) is 0.182. The summed E-state index contributed by atoms with van der Waals surface area (Å²) in [5.41, 5.74) is 1.39. The van der Waals surface area contributed by atoms with Gasteiger partial charge in [0, 0.05) is 11.1 Å². The molecule has 2 amide bonds. The van der Waals surface area contributed by atoms with Gasteiger partial charge in [-0.25, -0.2) is 0 Å². The molecule has 0 aliphatic carbocycles. The lowest BCUT2D eigenvalue weighted by Crippen LogP contribution is -2.36. The largest absolute Gasteiger partial charge is 0.493 e. The smallest absolute Gasteiger partial charge is 0.313 e. The first-order valence-corrected chi connectivity index (χ1v) is 8.85. The van der Waals surface area contributed by atoms with Crippen LogP contribution in [0.4, 0.5) is 5.69 Å². The summed E-state index contributed by atoms with van der Waals surface area (Å²) in [6.45, 7) is 1.80. The van der Waals surface area contributed by atoms with Gasteiger partial charge in [-0.15, -0.1) is 0 Å². The second kappa shape index (κ2) is 8.43. The van der Waals surface area contributed by atoms with Gasteiger partial charge < -0.3 is 20.1 Å². The molecule has 0 saturated carbocycles. The van der Waals surface area contributed by atoms with Crippen LogP contribution in [-0.2, 0) is 9.59 Å². The van der Waals surface area contributed by atoms with Crippen molar-refractivity contribution in [1.29, 1.82) is 0 Å². The zero-order valence-corrected chi connectivity index (χ0v) is 16.0. The standard InChI is InChI=1S/C22H22N2O4/c1-14(16-11-12-19(27-2)20(13-16)28-3)23-21(25)22(26)24-18-10-6-8-15-7-4-5-9-17(15)18/h4-14H,1-3H3,(H,23,25)(H,24,26). The highest BCUT2D eigenvalue weighted by Gasteiger charge is 2.19. The van der Waals surface area contributed by atoms with Crippen molar-refractivity contribution in [2.45, 2.75) is 13.0 Å². The van der Waals surface area contributed by atoms with E-state index < -0.39 is 11.8 Å². The van der Waals surface area contributed by atoms with Crippen molar-refractivity contribution in [3.8, 4) is 11.5 Å². The van der Waals surface area contributed by atoms with E-state index in [1.54, 1.807) is 39.3 Å². The fourth-order valence-corrected chi connectivity index (χ4v) is 2.98. The number of carbonyl (C=O) groups is 2. The van der Waals surface area contributed by atoms with Crippen LogP contribution >= 0.6 is 0 Å². The number of rotatable bonds is 5. The molecule has 0 aromatic heterocycles. The van der Waals surface area contributed by atoms with Crippen molar-refractivity contribution in [3.05, 3.63) is 66.2 Å². The summed E-state index contributed by atoms with van der Waals surface area (Å²) >= 11 is 0. The first-order valence-electron chi connectivity index (χ1n) is 8.85. The first-order chi connectivity index (χ1) is 13.5.